The molecule has 1 unspecified atom stereocenters. The molecule has 1 aromatic rings. The van der Waals surface area contributed by atoms with Crippen LogP contribution in [0.1, 0.15) is 13.8 Å². The second-order valence-corrected chi connectivity index (χ2v) is 4.27. The van der Waals surface area contributed by atoms with Crippen LogP contribution >= 0.6 is 0 Å². The third kappa shape index (κ3) is 3.42. The van der Waals surface area contributed by atoms with Gasteiger partial charge in [0.05, 0.1) is 12.8 Å². The van der Waals surface area contributed by atoms with E-state index < -0.39 is 0 Å². The lowest BCUT2D eigenvalue weighted by Crippen LogP contribution is -2.23. The predicted octanol–water partition coefficient (Wildman–Crippen LogP) is 2.37. The number of benzene rings is 1. The highest BCUT2D eigenvalue weighted by Gasteiger charge is 2.12. The van der Waals surface area contributed by atoms with Gasteiger partial charge >= 0.3 is 0 Å². The maximum Gasteiger partial charge on any atom is 0.141 e. The van der Waals surface area contributed by atoms with Gasteiger partial charge in [-0.3, -0.25) is 0 Å². The van der Waals surface area contributed by atoms with Gasteiger partial charge in [0, 0.05) is 19.1 Å². The van der Waals surface area contributed by atoms with Crippen molar-refractivity contribution in [1.29, 1.82) is 0 Å². The molecular weight excluding hydrogens is 202 g/mol. The third-order valence-corrected chi connectivity index (χ3v) is 2.84. The molecule has 0 aromatic heterocycles. The van der Waals surface area contributed by atoms with Crippen molar-refractivity contribution < 1.29 is 9.84 Å². The molecule has 0 aliphatic carbocycles. The molecule has 0 spiro atoms. The number of aliphatic hydroxyl groups excluding tert-OH is 1. The molecule has 0 radical (unpaired) electrons. The van der Waals surface area contributed by atoms with E-state index in [0.717, 1.165) is 18.0 Å². The van der Waals surface area contributed by atoms with E-state index in [1.165, 1.54) is 0 Å². The van der Waals surface area contributed by atoms with E-state index in [2.05, 4.69) is 19.2 Å². The summed E-state index contributed by atoms with van der Waals surface area (Å²) in [6.45, 7) is 5.20. The highest BCUT2D eigenvalue weighted by Crippen LogP contribution is 2.23. The summed E-state index contributed by atoms with van der Waals surface area (Å²) in [4.78, 5) is 0. The lowest BCUT2D eigenvalue weighted by Gasteiger charge is -2.20. The summed E-state index contributed by atoms with van der Waals surface area (Å²) in [6.07, 6.45) is 0. The summed E-state index contributed by atoms with van der Waals surface area (Å²) < 4.78 is 5.25. The van der Waals surface area contributed by atoms with Crippen LogP contribution in [0, 0.1) is 11.8 Å². The fraction of sp³-hybridized carbons (Fsp3) is 0.538. The van der Waals surface area contributed by atoms with Gasteiger partial charge in [0.2, 0.25) is 0 Å². The van der Waals surface area contributed by atoms with E-state index >= 15 is 0 Å². The Hall–Kier alpha value is -1.22. The van der Waals surface area contributed by atoms with Crippen molar-refractivity contribution >= 4 is 5.69 Å². The zero-order valence-electron chi connectivity index (χ0n) is 10.2. The van der Waals surface area contributed by atoms with E-state index in [0.29, 0.717) is 5.92 Å². The second kappa shape index (κ2) is 6.38. The Morgan fingerprint density at radius 1 is 1.31 bits per heavy atom. The molecule has 0 saturated heterocycles. The van der Waals surface area contributed by atoms with Crippen LogP contribution in [0.15, 0.2) is 24.3 Å². The number of hydrogen-bond acceptors (Lipinski definition) is 3. The molecule has 90 valence electrons. The van der Waals surface area contributed by atoms with Gasteiger partial charge < -0.3 is 15.2 Å². The molecule has 0 heterocycles. The molecule has 1 rings (SSSR count). The molecule has 0 bridgehead atoms. The molecule has 0 saturated carbocycles. The maximum atomic E-state index is 9.23. The number of hydrogen-bond donors (Lipinski definition) is 2. The molecule has 1 aromatic carbocycles. The molecular formula is C13H21NO2. The van der Waals surface area contributed by atoms with Crippen LogP contribution in [-0.2, 0) is 0 Å². The van der Waals surface area contributed by atoms with Gasteiger partial charge in [0.25, 0.3) is 0 Å². The Morgan fingerprint density at radius 3 is 2.56 bits per heavy atom. The van der Waals surface area contributed by atoms with Crippen LogP contribution in [0.5, 0.6) is 5.75 Å². The van der Waals surface area contributed by atoms with Crippen molar-refractivity contribution in [1.82, 2.24) is 0 Å². The van der Waals surface area contributed by atoms with Crippen molar-refractivity contribution in [2.75, 3.05) is 25.6 Å². The minimum Gasteiger partial charge on any atom is -0.495 e. The van der Waals surface area contributed by atoms with Crippen molar-refractivity contribution in [2.45, 2.75) is 13.8 Å². The summed E-state index contributed by atoms with van der Waals surface area (Å²) in [5.74, 6) is 1.57. The zero-order chi connectivity index (χ0) is 12.0. The first kappa shape index (κ1) is 12.8. The van der Waals surface area contributed by atoms with Gasteiger partial charge in [-0.2, -0.15) is 0 Å². The molecule has 3 nitrogen and oxygen atoms in total. The topological polar surface area (TPSA) is 41.5 Å². The first-order valence-corrected chi connectivity index (χ1v) is 5.66. The van der Waals surface area contributed by atoms with Gasteiger partial charge in [-0.05, 0) is 18.1 Å². The Bertz CT molecular complexity index is 313. The Balaban J connectivity index is 2.59. The number of ether oxygens (including phenoxy) is 1. The first-order valence-electron chi connectivity index (χ1n) is 5.66. The monoisotopic (exact) mass is 223 g/mol. The lowest BCUT2D eigenvalue weighted by atomic mass is 9.97. The predicted molar refractivity (Wildman–Crippen MR) is 66.9 cm³/mol. The minimum absolute atomic E-state index is 0.208. The average molecular weight is 223 g/mol. The highest BCUT2D eigenvalue weighted by atomic mass is 16.5. The molecule has 0 amide bonds. The third-order valence-electron chi connectivity index (χ3n) is 2.84. The van der Waals surface area contributed by atoms with E-state index in [9.17, 15) is 5.11 Å². The second-order valence-electron chi connectivity index (χ2n) is 4.27. The standard InChI is InChI=1S/C13H21NO2/c1-10(2)11(9-15)8-14-12-6-4-5-7-13(12)16-3/h4-7,10-11,14-15H,8-9H2,1-3H3. The Morgan fingerprint density at radius 2 is 2.00 bits per heavy atom. The van der Waals surface area contributed by atoms with Crippen LogP contribution in [0.25, 0.3) is 0 Å². The average Bonchev–Trinajstić information content (AvgIpc) is 2.30. The van der Waals surface area contributed by atoms with Crippen molar-refractivity contribution in [3.05, 3.63) is 24.3 Å². The summed E-state index contributed by atoms with van der Waals surface area (Å²) in [7, 11) is 1.66. The van der Waals surface area contributed by atoms with Crippen LogP contribution in [0.3, 0.4) is 0 Å². The van der Waals surface area contributed by atoms with E-state index in [4.69, 9.17) is 4.74 Å². The van der Waals surface area contributed by atoms with Gasteiger partial charge in [-0.15, -0.1) is 0 Å². The highest BCUT2D eigenvalue weighted by molar-refractivity contribution is 5.56. The maximum absolute atomic E-state index is 9.23. The summed E-state index contributed by atoms with van der Waals surface area (Å²) in [6, 6.07) is 7.81. The van der Waals surface area contributed by atoms with Crippen LogP contribution in [0.2, 0.25) is 0 Å². The molecule has 3 heteroatoms. The number of rotatable bonds is 6. The Kier molecular flexibility index (Phi) is 5.12. The van der Waals surface area contributed by atoms with E-state index in [1.54, 1.807) is 7.11 Å². The normalized spacial score (nSPS) is 12.6. The van der Waals surface area contributed by atoms with E-state index in [1.807, 2.05) is 24.3 Å². The van der Waals surface area contributed by atoms with Gasteiger partial charge in [0.15, 0.2) is 0 Å². The molecule has 0 aliphatic heterocycles. The number of anilines is 1. The van der Waals surface area contributed by atoms with Crippen molar-refractivity contribution in [3.8, 4) is 5.75 Å². The van der Waals surface area contributed by atoms with Crippen LogP contribution < -0.4 is 10.1 Å². The van der Waals surface area contributed by atoms with Crippen molar-refractivity contribution in [2.24, 2.45) is 11.8 Å². The Labute approximate surface area is 97.4 Å². The van der Waals surface area contributed by atoms with E-state index in [-0.39, 0.29) is 12.5 Å². The van der Waals surface area contributed by atoms with Gasteiger partial charge in [-0.25, -0.2) is 0 Å². The number of nitrogens with one attached hydrogen (secondary N) is 1. The largest absolute Gasteiger partial charge is 0.495 e. The van der Waals surface area contributed by atoms with Gasteiger partial charge in [-0.1, -0.05) is 26.0 Å². The molecule has 2 N–H and O–H groups in total. The summed E-state index contributed by atoms with van der Waals surface area (Å²) in [5.41, 5.74) is 0.976. The van der Waals surface area contributed by atoms with Crippen LogP contribution in [0.4, 0.5) is 5.69 Å². The molecule has 0 aliphatic rings. The van der Waals surface area contributed by atoms with Crippen molar-refractivity contribution in [3.63, 3.8) is 0 Å². The number of aliphatic hydroxyl groups is 1. The van der Waals surface area contributed by atoms with Gasteiger partial charge in [0.1, 0.15) is 5.75 Å². The molecule has 0 fully saturated rings. The molecule has 1 atom stereocenters. The minimum atomic E-state index is 0.208. The fourth-order valence-electron chi connectivity index (χ4n) is 1.54. The summed E-state index contributed by atoms with van der Waals surface area (Å²) >= 11 is 0. The quantitative estimate of drug-likeness (QED) is 0.778. The molecule has 16 heavy (non-hydrogen) atoms. The smallest absolute Gasteiger partial charge is 0.141 e. The first-order chi connectivity index (χ1) is 7.69. The lowest BCUT2D eigenvalue weighted by molar-refractivity contribution is 0.198. The number of para-hydroxylation sites is 2. The fourth-order valence-corrected chi connectivity index (χ4v) is 1.54. The SMILES string of the molecule is COc1ccccc1NCC(CO)C(C)C. The number of methoxy groups -OCH3 is 1. The summed E-state index contributed by atoms with van der Waals surface area (Å²) in [5, 5.41) is 12.5. The van der Waals surface area contributed by atoms with Crippen LogP contribution in [-0.4, -0.2) is 25.4 Å². The zero-order valence-corrected chi connectivity index (χ0v) is 10.2.